The normalized spacial score (nSPS) is 11.3. The van der Waals surface area contributed by atoms with Crippen LogP contribution in [-0.2, 0) is 13.0 Å². The first-order valence-corrected chi connectivity index (χ1v) is 7.90. The topological polar surface area (TPSA) is 49.0 Å². The van der Waals surface area contributed by atoms with Crippen molar-refractivity contribution in [3.63, 3.8) is 0 Å². The first-order valence-electron chi connectivity index (χ1n) is 7.53. The van der Waals surface area contributed by atoms with Gasteiger partial charge in [-0.15, -0.1) is 0 Å². The van der Waals surface area contributed by atoms with E-state index in [-0.39, 0.29) is 5.56 Å². The monoisotopic (exact) mass is 327 g/mol. The maximum absolute atomic E-state index is 12.0. The van der Waals surface area contributed by atoms with Crippen LogP contribution in [0.2, 0.25) is 5.02 Å². The lowest BCUT2D eigenvalue weighted by molar-refractivity contribution is 0.328. The van der Waals surface area contributed by atoms with Crippen molar-refractivity contribution in [3.05, 3.63) is 75.3 Å². The van der Waals surface area contributed by atoms with E-state index < -0.39 is 0 Å². The van der Waals surface area contributed by atoms with Gasteiger partial charge in [0, 0.05) is 24.5 Å². The summed E-state index contributed by atoms with van der Waals surface area (Å²) in [5.74, 6) is 0.719. The highest BCUT2D eigenvalue weighted by atomic mass is 35.5. The summed E-state index contributed by atoms with van der Waals surface area (Å²) in [7, 11) is 2.05. The quantitative estimate of drug-likeness (QED) is 0.782. The standard InChI is InChI=1S/C18H18ClN3O/c1-22(12-13-6-8-14(19)9-7-13)11-10-17-20-16-5-3-2-4-15(16)18(23)21-17/h2-9H,10-12H2,1H3,(H,20,21,23). The smallest absolute Gasteiger partial charge is 0.258 e. The van der Waals surface area contributed by atoms with Crippen LogP contribution in [0.15, 0.2) is 53.3 Å². The van der Waals surface area contributed by atoms with E-state index in [0.717, 1.165) is 29.5 Å². The molecule has 5 heteroatoms. The largest absolute Gasteiger partial charge is 0.310 e. The lowest BCUT2D eigenvalue weighted by Gasteiger charge is -2.16. The SMILES string of the molecule is CN(CCc1nc2ccccc2c(=O)[nH]1)Cc1ccc(Cl)cc1. The number of benzene rings is 2. The molecule has 118 valence electrons. The third kappa shape index (κ3) is 3.97. The molecule has 0 saturated heterocycles. The Morgan fingerprint density at radius 1 is 1.13 bits per heavy atom. The number of halogens is 1. The molecule has 1 aromatic heterocycles. The van der Waals surface area contributed by atoms with E-state index in [0.29, 0.717) is 11.8 Å². The van der Waals surface area contributed by atoms with E-state index in [2.05, 4.69) is 14.9 Å². The van der Waals surface area contributed by atoms with Gasteiger partial charge in [-0.1, -0.05) is 35.9 Å². The molecule has 1 heterocycles. The number of likely N-dealkylation sites (N-methyl/N-ethyl adjacent to an activating group) is 1. The third-order valence-electron chi connectivity index (χ3n) is 3.76. The molecule has 0 spiro atoms. The minimum atomic E-state index is -0.0778. The molecule has 0 aliphatic heterocycles. The zero-order chi connectivity index (χ0) is 16.2. The van der Waals surface area contributed by atoms with E-state index in [1.54, 1.807) is 6.07 Å². The number of aromatic amines is 1. The lowest BCUT2D eigenvalue weighted by atomic mass is 10.2. The Labute approximate surface area is 139 Å². The van der Waals surface area contributed by atoms with Gasteiger partial charge in [0.15, 0.2) is 0 Å². The lowest BCUT2D eigenvalue weighted by Crippen LogP contribution is -2.22. The number of aromatic nitrogens is 2. The molecular weight excluding hydrogens is 310 g/mol. The highest BCUT2D eigenvalue weighted by Crippen LogP contribution is 2.11. The Morgan fingerprint density at radius 2 is 1.87 bits per heavy atom. The Hall–Kier alpha value is -2.17. The van der Waals surface area contributed by atoms with E-state index >= 15 is 0 Å². The van der Waals surface area contributed by atoms with E-state index in [4.69, 9.17) is 11.6 Å². The van der Waals surface area contributed by atoms with Crippen LogP contribution in [0.3, 0.4) is 0 Å². The first kappa shape index (κ1) is 15.7. The van der Waals surface area contributed by atoms with Crippen LogP contribution in [0, 0.1) is 0 Å². The van der Waals surface area contributed by atoms with Crippen molar-refractivity contribution in [1.82, 2.24) is 14.9 Å². The molecule has 0 radical (unpaired) electrons. The van der Waals surface area contributed by atoms with Crippen molar-refractivity contribution in [1.29, 1.82) is 0 Å². The molecule has 0 aliphatic rings. The van der Waals surface area contributed by atoms with E-state index in [9.17, 15) is 4.79 Å². The molecule has 0 aliphatic carbocycles. The van der Waals surface area contributed by atoms with Crippen molar-refractivity contribution < 1.29 is 0 Å². The van der Waals surface area contributed by atoms with E-state index in [1.165, 1.54) is 5.56 Å². The fraction of sp³-hybridized carbons (Fsp3) is 0.222. The van der Waals surface area contributed by atoms with Gasteiger partial charge in [-0.05, 0) is 36.9 Å². The average Bonchev–Trinajstić information content (AvgIpc) is 2.55. The highest BCUT2D eigenvalue weighted by Gasteiger charge is 2.05. The number of rotatable bonds is 5. The van der Waals surface area contributed by atoms with Crippen LogP contribution in [0.5, 0.6) is 0 Å². The van der Waals surface area contributed by atoms with Crippen LogP contribution in [-0.4, -0.2) is 28.5 Å². The zero-order valence-corrected chi connectivity index (χ0v) is 13.7. The Morgan fingerprint density at radius 3 is 2.65 bits per heavy atom. The molecule has 0 amide bonds. The first-order chi connectivity index (χ1) is 11.1. The fourth-order valence-corrected chi connectivity index (χ4v) is 2.66. The summed E-state index contributed by atoms with van der Waals surface area (Å²) in [6.07, 6.45) is 0.699. The van der Waals surface area contributed by atoms with Crippen molar-refractivity contribution in [3.8, 4) is 0 Å². The second-order valence-corrected chi connectivity index (χ2v) is 6.08. The van der Waals surface area contributed by atoms with E-state index in [1.807, 2.05) is 49.5 Å². The molecule has 0 atom stereocenters. The van der Waals surface area contributed by atoms with Crippen LogP contribution in [0.4, 0.5) is 0 Å². The Kier molecular flexibility index (Phi) is 4.74. The van der Waals surface area contributed by atoms with Crippen LogP contribution >= 0.6 is 11.6 Å². The number of H-pyrrole nitrogens is 1. The van der Waals surface area contributed by atoms with Gasteiger partial charge < -0.3 is 9.88 Å². The number of nitrogens with one attached hydrogen (secondary N) is 1. The fourth-order valence-electron chi connectivity index (χ4n) is 2.53. The summed E-state index contributed by atoms with van der Waals surface area (Å²) >= 11 is 5.90. The summed E-state index contributed by atoms with van der Waals surface area (Å²) in [6.45, 7) is 1.64. The summed E-state index contributed by atoms with van der Waals surface area (Å²) < 4.78 is 0. The maximum atomic E-state index is 12.0. The molecule has 3 rings (SSSR count). The number of nitrogens with zero attached hydrogens (tertiary/aromatic N) is 2. The van der Waals surface area contributed by atoms with Crippen molar-refractivity contribution in [2.45, 2.75) is 13.0 Å². The molecule has 0 fully saturated rings. The van der Waals surface area contributed by atoms with Crippen molar-refractivity contribution in [2.75, 3.05) is 13.6 Å². The molecule has 23 heavy (non-hydrogen) atoms. The maximum Gasteiger partial charge on any atom is 0.258 e. The molecule has 4 nitrogen and oxygen atoms in total. The molecule has 2 aromatic carbocycles. The summed E-state index contributed by atoms with van der Waals surface area (Å²) in [6, 6.07) is 15.2. The Balaban J connectivity index is 1.65. The van der Waals surface area contributed by atoms with Gasteiger partial charge in [0.1, 0.15) is 5.82 Å². The number of para-hydroxylation sites is 1. The van der Waals surface area contributed by atoms with Crippen LogP contribution in [0.1, 0.15) is 11.4 Å². The van der Waals surface area contributed by atoms with Crippen molar-refractivity contribution >= 4 is 22.5 Å². The predicted molar refractivity (Wildman–Crippen MR) is 93.9 cm³/mol. The van der Waals surface area contributed by atoms with Gasteiger partial charge in [-0.25, -0.2) is 4.98 Å². The molecule has 3 aromatic rings. The summed E-state index contributed by atoms with van der Waals surface area (Å²) in [4.78, 5) is 21.6. The van der Waals surface area contributed by atoms with Gasteiger partial charge in [0.25, 0.3) is 5.56 Å². The van der Waals surface area contributed by atoms with Crippen molar-refractivity contribution in [2.24, 2.45) is 0 Å². The summed E-state index contributed by atoms with van der Waals surface area (Å²) in [5.41, 5.74) is 1.87. The average molecular weight is 328 g/mol. The van der Waals surface area contributed by atoms with Gasteiger partial charge in [-0.3, -0.25) is 4.79 Å². The van der Waals surface area contributed by atoms with Gasteiger partial charge in [-0.2, -0.15) is 0 Å². The molecule has 0 unspecified atom stereocenters. The summed E-state index contributed by atoms with van der Waals surface area (Å²) in [5, 5.41) is 1.38. The molecule has 0 bridgehead atoms. The second-order valence-electron chi connectivity index (χ2n) is 5.64. The third-order valence-corrected chi connectivity index (χ3v) is 4.01. The Bertz CT molecular complexity index is 858. The van der Waals surface area contributed by atoms with Gasteiger partial charge in [0.05, 0.1) is 10.9 Å². The number of hydrogen-bond donors (Lipinski definition) is 1. The predicted octanol–water partition coefficient (Wildman–Crippen LogP) is 3.25. The van der Waals surface area contributed by atoms with Crippen LogP contribution < -0.4 is 5.56 Å². The van der Waals surface area contributed by atoms with Gasteiger partial charge in [0.2, 0.25) is 0 Å². The molecule has 1 N–H and O–H groups in total. The number of hydrogen-bond acceptors (Lipinski definition) is 3. The number of fused-ring (bicyclic) bond motifs is 1. The van der Waals surface area contributed by atoms with Gasteiger partial charge >= 0.3 is 0 Å². The minimum Gasteiger partial charge on any atom is -0.310 e. The minimum absolute atomic E-state index is 0.0778. The zero-order valence-electron chi connectivity index (χ0n) is 12.9. The molecular formula is C18H18ClN3O. The highest BCUT2D eigenvalue weighted by molar-refractivity contribution is 6.30. The van der Waals surface area contributed by atoms with Crippen LogP contribution in [0.25, 0.3) is 10.9 Å². The second kappa shape index (κ2) is 6.94. The molecule has 0 saturated carbocycles.